The summed E-state index contributed by atoms with van der Waals surface area (Å²) in [6.07, 6.45) is 3.88. The van der Waals surface area contributed by atoms with Gasteiger partial charge in [-0.15, -0.1) is 0 Å². The van der Waals surface area contributed by atoms with E-state index in [1.807, 2.05) is 25.7 Å². The Labute approximate surface area is 202 Å². The van der Waals surface area contributed by atoms with Gasteiger partial charge in [0.05, 0.1) is 23.4 Å². The Morgan fingerprint density at radius 3 is 2.33 bits per heavy atom. The topological polar surface area (TPSA) is 99.9 Å². The molecule has 9 heteroatoms. The molecule has 8 nitrogen and oxygen atoms in total. The molecule has 2 fully saturated rings. The van der Waals surface area contributed by atoms with E-state index >= 15 is 0 Å². The number of hydrogen-bond acceptors (Lipinski definition) is 5. The van der Waals surface area contributed by atoms with Crippen LogP contribution < -0.4 is 21.1 Å². The van der Waals surface area contributed by atoms with Gasteiger partial charge in [-0.05, 0) is 58.4 Å². The number of benzene rings is 1. The van der Waals surface area contributed by atoms with Crippen molar-refractivity contribution in [2.75, 3.05) is 45.6 Å². The standard InChI is InChI=1S/C24H38ClN5O3/c1-24(2,3)28-23(32)30-11-5-16(6-12-30)15-29-9-7-17(8-10-29)27-22(31)18-13-19(25)20(26)14-21(18)33-4/h13-14,16-17H,5-12,15,26H2,1-4H3,(H,27,31)(H,28,32). The predicted octanol–water partition coefficient (Wildman–Crippen LogP) is 3.35. The number of carbonyl (C=O) groups is 2. The van der Waals surface area contributed by atoms with Crippen LogP contribution in [0, 0.1) is 5.92 Å². The molecule has 0 aromatic heterocycles. The lowest BCUT2D eigenvalue weighted by Crippen LogP contribution is -2.51. The van der Waals surface area contributed by atoms with E-state index in [0.29, 0.717) is 27.9 Å². The summed E-state index contributed by atoms with van der Waals surface area (Å²) in [4.78, 5) is 29.6. The van der Waals surface area contributed by atoms with Crippen LogP contribution in [-0.4, -0.2) is 73.2 Å². The summed E-state index contributed by atoms with van der Waals surface area (Å²) in [6.45, 7) is 10.6. The first kappa shape index (κ1) is 25.4. The Morgan fingerprint density at radius 2 is 1.76 bits per heavy atom. The second-order valence-electron chi connectivity index (χ2n) is 10.2. The number of nitrogen functional groups attached to an aromatic ring is 1. The van der Waals surface area contributed by atoms with Gasteiger partial charge in [0.25, 0.3) is 5.91 Å². The smallest absolute Gasteiger partial charge is 0.317 e. The Morgan fingerprint density at radius 1 is 1.12 bits per heavy atom. The second kappa shape index (κ2) is 10.8. The van der Waals surface area contributed by atoms with E-state index in [0.717, 1.165) is 58.4 Å². The fraction of sp³-hybridized carbons (Fsp3) is 0.667. The average Bonchev–Trinajstić information content (AvgIpc) is 2.76. The van der Waals surface area contributed by atoms with Crippen LogP contribution in [0.3, 0.4) is 0 Å². The van der Waals surface area contributed by atoms with Gasteiger partial charge in [-0.1, -0.05) is 11.6 Å². The van der Waals surface area contributed by atoms with Crippen LogP contribution in [0.2, 0.25) is 5.02 Å². The third kappa shape index (κ3) is 7.14. The molecule has 0 unspecified atom stereocenters. The Bertz CT molecular complexity index is 841. The maximum atomic E-state index is 12.8. The van der Waals surface area contributed by atoms with Crippen LogP contribution in [-0.2, 0) is 0 Å². The average molecular weight is 480 g/mol. The molecule has 0 spiro atoms. The minimum atomic E-state index is -0.209. The fourth-order valence-electron chi connectivity index (χ4n) is 4.52. The van der Waals surface area contributed by atoms with Crippen molar-refractivity contribution in [1.82, 2.24) is 20.4 Å². The van der Waals surface area contributed by atoms with Gasteiger partial charge in [0.15, 0.2) is 0 Å². The fourth-order valence-corrected chi connectivity index (χ4v) is 4.69. The molecule has 2 aliphatic rings. The van der Waals surface area contributed by atoms with Crippen molar-refractivity contribution in [3.8, 4) is 5.75 Å². The number of halogens is 1. The molecule has 0 saturated carbocycles. The van der Waals surface area contributed by atoms with Crippen LogP contribution >= 0.6 is 11.6 Å². The SMILES string of the molecule is COc1cc(N)c(Cl)cc1C(=O)NC1CCN(CC2CCN(C(=O)NC(C)(C)C)CC2)CC1. The normalized spacial score (nSPS) is 18.8. The summed E-state index contributed by atoms with van der Waals surface area (Å²) < 4.78 is 5.30. The van der Waals surface area contributed by atoms with E-state index in [1.54, 1.807) is 12.1 Å². The first-order chi connectivity index (χ1) is 15.6. The number of carbonyl (C=O) groups excluding carboxylic acids is 2. The first-order valence-electron chi connectivity index (χ1n) is 11.8. The first-order valence-corrected chi connectivity index (χ1v) is 12.2. The molecule has 0 aliphatic carbocycles. The summed E-state index contributed by atoms with van der Waals surface area (Å²) in [5.41, 5.74) is 6.40. The molecule has 1 aromatic rings. The van der Waals surface area contributed by atoms with E-state index in [1.165, 1.54) is 7.11 Å². The summed E-state index contributed by atoms with van der Waals surface area (Å²) in [5.74, 6) is 0.846. The monoisotopic (exact) mass is 479 g/mol. The zero-order valence-corrected chi connectivity index (χ0v) is 21.0. The third-order valence-electron chi connectivity index (χ3n) is 6.39. The molecule has 2 saturated heterocycles. The van der Waals surface area contributed by atoms with Crippen LogP contribution in [0.25, 0.3) is 0 Å². The van der Waals surface area contributed by atoms with Crippen molar-refractivity contribution in [2.24, 2.45) is 5.92 Å². The molecular weight excluding hydrogens is 442 g/mol. The molecule has 2 heterocycles. The van der Waals surface area contributed by atoms with Gasteiger partial charge in [-0.2, -0.15) is 0 Å². The van der Waals surface area contributed by atoms with Crippen LogP contribution in [0.1, 0.15) is 56.8 Å². The Kier molecular flexibility index (Phi) is 8.34. The molecule has 0 radical (unpaired) electrons. The maximum Gasteiger partial charge on any atom is 0.317 e. The van der Waals surface area contributed by atoms with E-state index in [2.05, 4.69) is 15.5 Å². The number of rotatable bonds is 5. The molecular formula is C24H38ClN5O3. The Hall–Kier alpha value is -2.19. The summed E-state index contributed by atoms with van der Waals surface area (Å²) >= 11 is 6.10. The van der Waals surface area contributed by atoms with Crippen molar-refractivity contribution >= 4 is 29.2 Å². The number of nitrogens with zero attached hydrogens (tertiary/aromatic N) is 2. The molecule has 0 bridgehead atoms. The van der Waals surface area contributed by atoms with Crippen molar-refractivity contribution < 1.29 is 14.3 Å². The van der Waals surface area contributed by atoms with Crippen LogP contribution in [0.5, 0.6) is 5.75 Å². The van der Waals surface area contributed by atoms with E-state index < -0.39 is 0 Å². The summed E-state index contributed by atoms with van der Waals surface area (Å²) in [7, 11) is 1.51. The lowest BCUT2D eigenvalue weighted by Gasteiger charge is -2.38. The minimum absolute atomic E-state index is 0.0385. The number of urea groups is 1. The van der Waals surface area contributed by atoms with Gasteiger partial charge >= 0.3 is 6.03 Å². The lowest BCUT2D eigenvalue weighted by atomic mass is 9.94. The highest BCUT2D eigenvalue weighted by Crippen LogP contribution is 2.29. The molecule has 1 aromatic carbocycles. The third-order valence-corrected chi connectivity index (χ3v) is 6.71. The quantitative estimate of drug-likeness (QED) is 0.562. The van der Waals surface area contributed by atoms with Gasteiger partial charge in [-0.25, -0.2) is 4.79 Å². The second-order valence-corrected chi connectivity index (χ2v) is 10.6. The number of likely N-dealkylation sites (tertiary alicyclic amines) is 2. The highest BCUT2D eigenvalue weighted by molar-refractivity contribution is 6.33. The summed E-state index contributed by atoms with van der Waals surface area (Å²) in [6, 6.07) is 3.31. The van der Waals surface area contributed by atoms with Gasteiger partial charge in [0.1, 0.15) is 5.75 Å². The molecule has 184 valence electrons. The van der Waals surface area contributed by atoms with Gasteiger partial charge in [-0.3, -0.25) is 4.79 Å². The number of methoxy groups -OCH3 is 1. The molecule has 4 N–H and O–H groups in total. The van der Waals surface area contributed by atoms with Crippen molar-refractivity contribution in [2.45, 2.75) is 58.0 Å². The van der Waals surface area contributed by atoms with Crippen LogP contribution in [0.4, 0.5) is 10.5 Å². The van der Waals surface area contributed by atoms with E-state index in [-0.39, 0.29) is 23.5 Å². The number of piperidine rings is 2. The van der Waals surface area contributed by atoms with Crippen molar-refractivity contribution in [1.29, 1.82) is 0 Å². The highest BCUT2D eigenvalue weighted by Gasteiger charge is 2.28. The number of nitrogens with two attached hydrogens (primary N) is 1. The molecule has 0 atom stereocenters. The number of nitrogens with one attached hydrogen (secondary N) is 2. The van der Waals surface area contributed by atoms with Gasteiger partial charge in [0.2, 0.25) is 0 Å². The minimum Gasteiger partial charge on any atom is -0.496 e. The van der Waals surface area contributed by atoms with Crippen molar-refractivity contribution in [3.63, 3.8) is 0 Å². The number of hydrogen-bond donors (Lipinski definition) is 3. The number of ether oxygens (including phenoxy) is 1. The lowest BCUT2D eigenvalue weighted by molar-refractivity contribution is 0.0890. The zero-order valence-electron chi connectivity index (χ0n) is 20.2. The number of anilines is 1. The van der Waals surface area contributed by atoms with E-state index in [4.69, 9.17) is 22.1 Å². The van der Waals surface area contributed by atoms with Gasteiger partial charge in [0, 0.05) is 50.4 Å². The zero-order chi connectivity index (χ0) is 24.2. The Balaban J connectivity index is 1.42. The van der Waals surface area contributed by atoms with Crippen LogP contribution in [0.15, 0.2) is 12.1 Å². The molecule has 2 aliphatic heterocycles. The predicted molar refractivity (Wildman–Crippen MR) is 132 cm³/mol. The molecule has 33 heavy (non-hydrogen) atoms. The number of amides is 3. The maximum absolute atomic E-state index is 12.8. The molecule has 3 amide bonds. The highest BCUT2D eigenvalue weighted by atomic mass is 35.5. The summed E-state index contributed by atoms with van der Waals surface area (Å²) in [5, 5.41) is 6.52. The van der Waals surface area contributed by atoms with Gasteiger partial charge < -0.3 is 30.9 Å². The van der Waals surface area contributed by atoms with E-state index in [9.17, 15) is 9.59 Å². The van der Waals surface area contributed by atoms with Crippen molar-refractivity contribution in [3.05, 3.63) is 22.7 Å². The largest absolute Gasteiger partial charge is 0.496 e. The molecule has 3 rings (SSSR count).